The molecule has 0 amide bonds. The van der Waals surface area contributed by atoms with E-state index in [1.54, 1.807) is 31.4 Å². The van der Waals surface area contributed by atoms with Gasteiger partial charge in [-0.1, -0.05) is 18.2 Å². The molecule has 3 nitrogen and oxygen atoms in total. The Kier molecular flexibility index (Phi) is 18.3. The van der Waals surface area contributed by atoms with Gasteiger partial charge in [-0.05, 0) is 36.4 Å². The predicted octanol–water partition coefficient (Wildman–Crippen LogP) is 4.32. The fourth-order valence-corrected chi connectivity index (χ4v) is 1.87. The zero-order valence-electron chi connectivity index (χ0n) is 11.9. The molecule has 0 saturated carbocycles. The first-order chi connectivity index (χ1) is 8.79. The fourth-order valence-electron chi connectivity index (χ4n) is 1.34. The summed E-state index contributed by atoms with van der Waals surface area (Å²) in [6, 6.07) is 16.3. The smallest absolute Gasteiger partial charge is 0.350 e. The number of carbonyl (C=O) groups excluding carboxylic acids is 1. The molecular weight excluding hydrogens is 343 g/mol. The summed E-state index contributed by atoms with van der Waals surface area (Å²) in [5.41, 5.74) is 0.499. The Hall–Kier alpha value is -2.29. The zero-order chi connectivity index (χ0) is 12.8. The van der Waals surface area contributed by atoms with Crippen LogP contribution in [0.5, 0.6) is 5.75 Å². The van der Waals surface area contributed by atoms with Crippen molar-refractivity contribution >= 4 is 18.0 Å². The molecule has 0 heterocycles. The van der Waals surface area contributed by atoms with Crippen LogP contribution in [0.4, 0.5) is 23.5 Å². The summed E-state index contributed by atoms with van der Waals surface area (Å²) < 4.78 is 10.1. The fraction of sp³-hybridized carbons (Fsp3) is 0.0714. The maximum Gasteiger partial charge on any atom is 0.350 e. The van der Waals surface area contributed by atoms with Gasteiger partial charge in [0.15, 0.2) is 0 Å². The summed E-state index contributed by atoms with van der Waals surface area (Å²) in [6.07, 6.45) is 0. The van der Waals surface area contributed by atoms with Crippen molar-refractivity contribution in [2.24, 2.45) is 0 Å². The summed E-state index contributed by atoms with van der Waals surface area (Å²) in [5, 5.41) is 0. The van der Waals surface area contributed by atoms with Crippen LogP contribution in [0, 0.1) is 0 Å². The second kappa shape index (κ2) is 14.6. The number of methoxy groups -OCH3 is 1. The van der Waals surface area contributed by atoms with Gasteiger partial charge in [0.2, 0.25) is 0 Å². The highest BCUT2D eigenvalue weighted by Crippen LogP contribution is 2.21. The third-order valence-corrected chi connectivity index (χ3v) is 2.98. The molecular formula is C14H17F5O3S. The Morgan fingerprint density at radius 2 is 1.35 bits per heavy atom. The average Bonchev–Trinajstić information content (AvgIpc) is 2.46. The molecule has 0 aliphatic rings. The first-order valence-corrected chi connectivity index (χ1v) is 6.12. The van der Waals surface area contributed by atoms with Crippen LogP contribution in [0.3, 0.4) is 0 Å². The van der Waals surface area contributed by atoms with Crippen molar-refractivity contribution in [3.63, 3.8) is 0 Å². The highest BCUT2D eigenvalue weighted by atomic mass is 32.2. The summed E-state index contributed by atoms with van der Waals surface area (Å²) in [4.78, 5) is 12.6. The number of benzene rings is 2. The standard InChI is InChI=1S/C14H12O3S.5FH/c1-16-12-9-7-11(8-10-12)14(15)17-18-13-5-3-2-4-6-13;;;;;/h2-10H,1H3;5*1H. The maximum atomic E-state index is 11.7. The molecule has 0 N–H and O–H groups in total. The van der Waals surface area contributed by atoms with E-state index < -0.39 is 0 Å². The second-order valence-electron chi connectivity index (χ2n) is 3.50. The number of hydrogen-bond acceptors (Lipinski definition) is 4. The number of hydrogen-bond donors (Lipinski definition) is 0. The minimum Gasteiger partial charge on any atom is -0.497 e. The minimum absolute atomic E-state index is 0. The molecule has 0 atom stereocenters. The van der Waals surface area contributed by atoms with E-state index in [-0.39, 0.29) is 29.5 Å². The largest absolute Gasteiger partial charge is 0.497 e. The van der Waals surface area contributed by atoms with Gasteiger partial charge >= 0.3 is 5.97 Å². The van der Waals surface area contributed by atoms with Crippen LogP contribution in [0.25, 0.3) is 0 Å². The molecule has 2 aromatic carbocycles. The Labute approximate surface area is 134 Å². The maximum absolute atomic E-state index is 11.7. The zero-order valence-corrected chi connectivity index (χ0v) is 12.7. The lowest BCUT2D eigenvalue weighted by molar-refractivity contribution is 0.0768. The molecule has 2 rings (SSSR count). The topological polar surface area (TPSA) is 35.5 Å². The molecule has 0 spiro atoms. The molecule has 0 saturated heterocycles. The Balaban J connectivity index is -0.000000361. The Bertz CT molecular complexity index is 526. The van der Waals surface area contributed by atoms with Crippen LogP contribution in [0.2, 0.25) is 0 Å². The molecule has 132 valence electrons. The van der Waals surface area contributed by atoms with Crippen LogP contribution in [0.15, 0.2) is 59.5 Å². The van der Waals surface area contributed by atoms with E-state index in [1.807, 2.05) is 30.3 Å². The third-order valence-electron chi connectivity index (χ3n) is 2.28. The SMILES string of the molecule is COc1ccc(C(=O)OSc2ccccc2)cc1.F.F.F.F.F. The van der Waals surface area contributed by atoms with Gasteiger partial charge in [-0.25, -0.2) is 4.79 Å². The summed E-state index contributed by atoms with van der Waals surface area (Å²) in [6.45, 7) is 0. The number of halogens is 5. The van der Waals surface area contributed by atoms with Crippen LogP contribution in [-0.2, 0) is 4.18 Å². The van der Waals surface area contributed by atoms with Crippen molar-refractivity contribution < 1.29 is 37.2 Å². The van der Waals surface area contributed by atoms with Crippen molar-refractivity contribution in [2.75, 3.05) is 7.11 Å². The minimum atomic E-state index is -0.369. The quantitative estimate of drug-likeness (QED) is 0.601. The van der Waals surface area contributed by atoms with Crippen molar-refractivity contribution in [3.8, 4) is 5.75 Å². The summed E-state index contributed by atoms with van der Waals surface area (Å²) in [7, 11) is 1.58. The molecule has 2 aromatic rings. The second-order valence-corrected chi connectivity index (χ2v) is 4.30. The van der Waals surface area contributed by atoms with Gasteiger partial charge in [-0.3, -0.25) is 23.5 Å². The molecule has 0 bridgehead atoms. The highest BCUT2D eigenvalue weighted by molar-refractivity contribution is 7.95. The normalized spacial score (nSPS) is 7.70. The van der Waals surface area contributed by atoms with Crippen molar-refractivity contribution in [2.45, 2.75) is 4.90 Å². The van der Waals surface area contributed by atoms with Gasteiger partial charge in [0.05, 0.1) is 24.7 Å². The van der Waals surface area contributed by atoms with E-state index in [0.717, 1.165) is 16.9 Å². The van der Waals surface area contributed by atoms with Crippen LogP contribution in [-0.4, -0.2) is 13.1 Å². The van der Waals surface area contributed by atoms with Gasteiger partial charge in [0.1, 0.15) is 5.75 Å². The van der Waals surface area contributed by atoms with Crippen molar-refractivity contribution in [1.82, 2.24) is 0 Å². The molecule has 0 fully saturated rings. The number of ether oxygens (including phenoxy) is 1. The first-order valence-electron chi connectivity index (χ1n) is 5.37. The average molecular weight is 360 g/mol. The van der Waals surface area contributed by atoms with Crippen molar-refractivity contribution in [3.05, 3.63) is 60.2 Å². The lowest BCUT2D eigenvalue weighted by Crippen LogP contribution is -1.99. The highest BCUT2D eigenvalue weighted by Gasteiger charge is 2.08. The van der Waals surface area contributed by atoms with Crippen LogP contribution >= 0.6 is 12.0 Å². The van der Waals surface area contributed by atoms with Gasteiger partial charge in [0, 0.05) is 4.90 Å². The van der Waals surface area contributed by atoms with E-state index in [0.29, 0.717) is 11.3 Å². The molecule has 9 heteroatoms. The molecule has 0 aliphatic carbocycles. The van der Waals surface area contributed by atoms with E-state index >= 15 is 0 Å². The predicted molar refractivity (Wildman–Crippen MR) is 83.2 cm³/mol. The van der Waals surface area contributed by atoms with E-state index in [2.05, 4.69) is 0 Å². The third kappa shape index (κ3) is 8.67. The van der Waals surface area contributed by atoms with Crippen molar-refractivity contribution in [1.29, 1.82) is 0 Å². The van der Waals surface area contributed by atoms with Crippen LogP contribution < -0.4 is 4.74 Å². The molecule has 0 radical (unpaired) electrons. The summed E-state index contributed by atoms with van der Waals surface area (Å²) >= 11 is 1.05. The van der Waals surface area contributed by atoms with Gasteiger partial charge < -0.3 is 8.92 Å². The number of rotatable bonds is 4. The molecule has 0 unspecified atom stereocenters. The first kappa shape index (κ1) is 28.8. The Morgan fingerprint density at radius 3 is 1.83 bits per heavy atom. The lowest BCUT2D eigenvalue weighted by Gasteiger charge is -2.03. The molecule has 23 heavy (non-hydrogen) atoms. The number of carbonyl (C=O) groups is 1. The summed E-state index contributed by atoms with van der Waals surface area (Å²) in [5.74, 6) is 0.341. The van der Waals surface area contributed by atoms with Gasteiger partial charge in [-0.15, -0.1) is 0 Å². The van der Waals surface area contributed by atoms with E-state index in [1.165, 1.54) is 0 Å². The van der Waals surface area contributed by atoms with Crippen LogP contribution in [0.1, 0.15) is 10.4 Å². The monoisotopic (exact) mass is 360 g/mol. The Morgan fingerprint density at radius 1 is 0.826 bits per heavy atom. The van der Waals surface area contributed by atoms with Gasteiger partial charge in [-0.2, -0.15) is 0 Å². The lowest BCUT2D eigenvalue weighted by atomic mass is 10.2. The van der Waals surface area contributed by atoms with Gasteiger partial charge in [0.25, 0.3) is 0 Å². The molecule has 0 aliphatic heterocycles. The van der Waals surface area contributed by atoms with E-state index in [4.69, 9.17) is 8.92 Å². The van der Waals surface area contributed by atoms with E-state index in [9.17, 15) is 4.79 Å². The molecule has 0 aromatic heterocycles.